The molecule has 14 heteroatoms. The molecule has 1 heterocycles. The first-order valence-electron chi connectivity index (χ1n) is 14.0. The highest BCUT2D eigenvalue weighted by molar-refractivity contribution is 7.86. The molecule has 43 heavy (non-hydrogen) atoms. The number of fused-ring (bicyclic) bond motifs is 1. The van der Waals surface area contributed by atoms with Gasteiger partial charge >= 0.3 is 19.5 Å². The number of hydrogen-bond donors (Lipinski definition) is 3. The Morgan fingerprint density at radius 3 is 2.53 bits per heavy atom. The second-order valence-corrected chi connectivity index (χ2v) is 14.0. The predicted octanol–water partition coefficient (Wildman–Crippen LogP) is 3.74. The zero-order chi connectivity index (χ0) is 31.9. The van der Waals surface area contributed by atoms with Crippen molar-refractivity contribution in [1.29, 1.82) is 0 Å². The van der Waals surface area contributed by atoms with Crippen LogP contribution in [0.3, 0.4) is 0 Å². The minimum atomic E-state index is -4.25. The lowest BCUT2D eigenvalue weighted by Gasteiger charge is -2.26. The van der Waals surface area contributed by atoms with E-state index in [4.69, 9.17) is 19.1 Å². The Balaban J connectivity index is 1.82. The zero-order valence-electron chi connectivity index (χ0n) is 25.1. The number of benzene rings is 2. The molecule has 3 rings (SSSR count). The number of nitrogens with two attached hydrogens (primary N) is 1. The summed E-state index contributed by atoms with van der Waals surface area (Å²) < 4.78 is 55.9. The summed E-state index contributed by atoms with van der Waals surface area (Å²) in [5.41, 5.74) is 3.78. The molecule has 236 valence electrons. The number of carbonyl (C=O) groups excluding carboxylic acids is 2. The molecule has 0 spiro atoms. The SMILES string of the molecule is CCOC(=O)[C@H](C)NP(=O)(CCN(C/C(C)=C/Cc1c(O)c2c(c(C)c1CC)COC2=O)S(N)(=O)=O)Oc1ccccc1. The van der Waals surface area contributed by atoms with Crippen LogP contribution in [0.4, 0.5) is 0 Å². The van der Waals surface area contributed by atoms with Gasteiger partial charge in [0.15, 0.2) is 0 Å². The molecule has 2 aromatic carbocycles. The minimum Gasteiger partial charge on any atom is -0.507 e. The highest BCUT2D eigenvalue weighted by Gasteiger charge is 2.33. The van der Waals surface area contributed by atoms with E-state index in [1.54, 1.807) is 50.3 Å². The number of hydrogen-bond acceptors (Lipinski definition) is 9. The van der Waals surface area contributed by atoms with Crippen LogP contribution in [0.5, 0.6) is 11.5 Å². The third-order valence-corrected chi connectivity index (χ3v) is 10.2. The lowest BCUT2D eigenvalue weighted by molar-refractivity contribution is -0.144. The number of nitrogens with one attached hydrogen (secondary N) is 1. The van der Waals surface area contributed by atoms with Gasteiger partial charge in [-0.05, 0) is 63.8 Å². The van der Waals surface area contributed by atoms with Gasteiger partial charge in [-0.2, -0.15) is 12.7 Å². The number of cyclic esters (lactones) is 1. The van der Waals surface area contributed by atoms with Gasteiger partial charge in [0.05, 0.1) is 12.8 Å². The number of rotatable bonds is 15. The lowest BCUT2D eigenvalue weighted by Crippen LogP contribution is -2.41. The van der Waals surface area contributed by atoms with Gasteiger partial charge in [-0.15, -0.1) is 0 Å². The van der Waals surface area contributed by atoms with E-state index in [1.807, 2.05) is 13.8 Å². The van der Waals surface area contributed by atoms with E-state index in [9.17, 15) is 27.7 Å². The highest BCUT2D eigenvalue weighted by Crippen LogP contribution is 2.44. The Bertz CT molecular complexity index is 1530. The Hall–Kier alpha value is -3.22. The first-order valence-corrected chi connectivity index (χ1v) is 17.3. The zero-order valence-corrected chi connectivity index (χ0v) is 26.8. The summed E-state index contributed by atoms with van der Waals surface area (Å²) in [5, 5.41) is 19.2. The van der Waals surface area contributed by atoms with Crippen molar-refractivity contribution in [2.24, 2.45) is 5.14 Å². The van der Waals surface area contributed by atoms with E-state index in [0.717, 1.165) is 15.4 Å². The second-order valence-electron chi connectivity index (χ2n) is 10.3. The van der Waals surface area contributed by atoms with E-state index < -0.39 is 35.7 Å². The predicted molar refractivity (Wildman–Crippen MR) is 162 cm³/mol. The fourth-order valence-corrected chi connectivity index (χ4v) is 7.70. The Kier molecular flexibility index (Phi) is 11.6. The van der Waals surface area contributed by atoms with Crippen LogP contribution in [0.15, 0.2) is 42.0 Å². The van der Waals surface area contributed by atoms with Crippen LogP contribution in [0.2, 0.25) is 0 Å². The average Bonchev–Trinajstić information content (AvgIpc) is 3.34. The number of aromatic hydroxyl groups is 1. The highest BCUT2D eigenvalue weighted by atomic mass is 32.2. The summed E-state index contributed by atoms with van der Waals surface area (Å²) in [6.45, 7) is 8.48. The van der Waals surface area contributed by atoms with Crippen molar-refractivity contribution in [3.05, 3.63) is 69.8 Å². The molecule has 2 atom stereocenters. The van der Waals surface area contributed by atoms with Crippen LogP contribution in [0.1, 0.15) is 60.3 Å². The van der Waals surface area contributed by atoms with Crippen molar-refractivity contribution in [1.82, 2.24) is 9.39 Å². The summed E-state index contributed by atoms with van der Waals surface area (Å²) in [7, 11) is -8.10. The monoisotopic (exact) mass is 637 g/mol. The van der Waals surface area contributed by atoms with Gasteiger partial charge < -0.3 is 19.1 Å². The molecule has 1 aliphatic rings. The van der Waals surface area contributed by atoms with Crippen molar-refractivity contribution in [2.75, 3.05) is 25.9 Å². The Morgan fingerprint density at radius 1 is 1.26 bits per heavy atom. The summed E-state index contributed by atoms with van der Waals surface area (Å²) in [5.74, 6) is -1.07. The lowest BCUT2D eigenvalue weighted by atomic mass is 9.89. The largest absolute Gasteiger partial charge is 0.507 e. The van der Waals surface area contributed by atoms with Crippen LogP contribution < -0.4 is 14.8 Å². The molecule has 0 amide bonds. The maximum atomic E-state index is 13.9. The molecule has 0 aliphatic carbocycles. The summed E-state index contributed by atoms with van der Waals surface area (Å²) in [6, 6.07) is 7.32. The van der Waals surface area contributed by atoms with Gasteiger partial charge in [-0.1, -0.05) is 36.8 Å². The van der Waals surface area contributed by atoms with E-state index in [0.29, 0.717) is 23.1 Å². The molecule has 1 aliphatic heterocycles. The second kappa shape index (κ2) is 14.5. The molecule has 4 N–H and O–H groups in total. The standard InChI is InChI=1S/C29H40N3O9PS/c1-6-23-20(4)25-18-40-29(35)26(25)27(33)24(23)14-13-19(3)17-32(43(30,37)38)15-16-42(36,31-21(5)28(34)39-7-2)41-22-11-9-8-10-12-22/h8-13,21,33H,6-7,14-18H2,1-5H3,(H,31,36)(H2,30,37,38)/b19-13+/t21-,42?/m0/s1. The molecule has 1 unspecified atom stereocenters. The molecule has 0 bridgehead atoms. The quantitative estimate of drug-likeness (QED) is 0.148. The van der Waals surface area contributed by atoms with Crippen molar-refractivity contribution in [3.63, 3.8) is 0 Å². The number of nitrogens with zero attached hydrogens (tertiary/aromatic N) is 1. The fourth-order valence-electron chi connectivity index (χ4n) is 4.90. The number of para-hydroxylation sites is 1. The molecule has 0 radical (unpaired) electrons. The van der Waals surface area contributed by atoms with Crippen LogP contribution in [0, 0.1) is 6.92 Å². The molecule has 0 fully saturated rings. The van der Waals surface area contributed by atoms with Crippen LogP contribution in [-0.4, -0.2) is 61.7 Å². The molecule has 0 saturated heterocycles. The molecular weight excluding hydrogens is 597 g/mol. The van der Waals surface area contributed by atoms with Gasteiger partial charge in [0.25, 0.3) is 10.2 Å². The maximum absolute atomic E-state index is 13.9. The number of phenolic OH excluding ortho intramolecular Hbond substituents is 1. The van der Waals surface area contributed by atoms with Gasteiger partial charge in [-0.25, -0.2) is 15.0 Å². The average molecular weight is 638 g/mol. The van der Waals surface area contributed by atoms with Crippen molar-refractivity contribution >= 4 is 29.7 Å². The molecule has 12 nitrogen and oxygen atoms in total. The number of carbonyl (C=O) groups is 2. The number of allylic oxidation sites excluding steroid dienone is 1. The molecule has 2 aromatic rings. The smallest absolute Gasteiger partial charge is 0.342 e. The molecule has 0 saturated carbocycles. The van der Waals surface area contributed by atoms with Crippen LogP contribution >= 0.6 is 7.52 Å². The third kappa shape index (κ3) is 8.67. The normalized spacial score (nSPS) is 15.5. The number of phenols is 1. The summed E-state index contributed by atoms with van der Waals surface area (Å²) in [6.07, 6.45) is 2.29. The van der Waals surface area contributed by atoms with E-state index in [-0.39, 0.29) is 55.9 Å². The third-order valence-electron chi connectivity index (χ3n) is 7.11. The number of esters is 2. The Labute approximate surface area is 252 Å². The topological polar surface area (TPSA) is 175 Å². The van der Waals surface area contributed by atoms with Gasteiger partial charge in [-0.3, -0.25) is 9.36 Å². The van der Waals surface area contributed by atoms with Crippen molar-refractivity contribution in [3.8, 4) is 11.5 Å². The first-order chi connectivity index (χ1) is 20.2. The van der Waals surface area contributed by atoms with Crippen LogP contribution in [-0.2, 0) is 48.5 Å². The summed E-state index contributed by atoms with van der Waals surface area (Å²) in [4.78, 5) is 24.5. The van der Waals surface area contributed by atoms with Crippen molar-refractivity contribution < 1.29 is 41.7 Å². The fraction of sp³-hybridized carbons (Fsp3) is 0.448. The van der Waals surface area contributed by atoms with E-state index >= 15 is 0 Å². The number of ether oxygens (including phenoxy) is 2. The van der Waals surface area contributed by atoms with Gasteiger partial charge in [0.2, 0.25) is 0 Å². The Morgan fingerprint density at radius 2 is 1.93 bits per heavy atom. The van der Waals surface area contributed by atoms with Crippen molar-refractivity contribution in [2.45, 2.75) is 60.1 Å². The summed E-state index contributed by atoms with van der Waals surface area (Å²) >= 11 is 0. The van der Waals surface area contributed by atoms with Gasteiger partial charge in [0, 0.05) is 24.2 Å². The van der Waals surface area contributed by atoms with Crippen LogP contribution in [0.25, 0.3) is 0 Å². The van der Waals surface area contributed by atoms with E-state index in [2.05, 4.69) is 5.09 Å². The van der Waals surface area contributed by atoms with Gasteiger partial charge in [0.1, 0.15) is 29.7 Å². The first kappa shape index (κ1) is 34.3. The molecular formula is C29H40N3O9PS. The van der Waals surface area contributed by atoms with E-state index in [1.165, 1.54) is 6.92 Å². The maximum Gasteiger partial charge on any atom is 0.342 e. The molecule has 0 aromatic heterocycles. The minimum absolute atomic E-state index is 0.115.